The molecule has 0 spiro atoms. The number of para-hydroxylation sites is 1. The summed E-state index contributed by atoms with van der Waals surface area (Å²) in [7, 11) is 0. The number of aryl methyl sites for hydroxylation is 2. The number of nitrogens with zero attached hydrogens (tertiary/aromatic N) is 2. The van der Waals surface area contributed by atoms with Crippen LogP contribution in [0.1, 0.15) is 23.1 Å². The van der Waals surface area contributed by atoms with E-state index in [0.717, 1.165) is 28.1 Å². The Balaban J connectivity index is 1.53. The molecule has 1 aliphatic heterocycles. The minimum Gasteiger partial charge on any atom is -0.326 e. The van der Waals surface area contributed by atoms with Crippen molar-refractivity contribution in [3.63, 3.8) is 0 Å². The Bertz CT molecular complexity index is 1150. The number of hydrogen-bond donors (Lipinski definition) is 1. The van der Waals surface area contributed by atoms with Crippen LogP contribution in [0.2, 0.25) is 0 Å². The van der Waals surface area contributed by atoms with E-state index in [0.29, 0.717) is 11.7 Å². The smallest absolute Gasteiger partial charge is 0.242 e. The minimum atomic E-state index is -0.507. The molecule has 2 amide bonds. The van der Waals surface area contributed by atoms with Gasteiger partial charge in [-0.25, -0.2) is 4.99 Å². The van der Waals surface area contributed by atoms with Crippen molar-refractivity contribution in [2.75, 3.05) is 5.32 Å². The van der Waals surface area contributed by atoms with Crippen molar-refractivity contribution in [1.82, 2.24) is 4.90 Å². The maximum Gasteiger partial charge on any atom is 0.242 e. The second-order valence-electron chi connectivity index (χ2n) is 7.82. The Labute approximate surface area is 192 Å². The van der Waals surface area contributed by atoms with Gasteiger partial charge in [-0.3, -0.25) is 14.5 Å². The molecular formula is C26H25N3O2S. The SMILES string of the molecule is Cc1ccc(NC(=O)CC2SC(=Nc3ccccc3)N(Cc3ccccc3)C2=O)c(C)c1. The first-order chi connectivity index (χ1) is 15.5. The lowest BCUT2D eigenvalue weighted by Gasteiger charge is -2.16. The number of benzene rings is 3. The molecule has 0 aromatic heterocycles. The van der Waals surface area contributed by atoms with Crippen molar-refractivity contribution < 1.29 is 9.59 Å². The maximum atomic E-state index is 13.3. The summed E-state index contributed by atoms with van der Waals surface area (Å²) in [6, 6.07) is 25.3. The number of carbonyl (C=O) groups excluding carboxylic acids is 2. The Morgan fingerprint density at radius 3 is 2.38 bits per heavy atom. The normalized spacial score (nSPS) is 17.1. The van der Waals surface area contributed by atoms with Gasteiger partial charge < -0.3 is 5.32 Å². The van der Waals surface area contributed by atoms with Gasteiger partial charge in [-0.05, 0) is 43.2 Å². The average Bonchev–Trinajstić information content (AvgIpc) is 3.06. The number of rotatable bonds is 6. The van der Waals surface area contributed by atoms with Gasteiger partial charge >= 0.3 is 0 Å². The highest BCUT2D eigenvalue weighted by atomic mass is 32.2. The van der Waals surface area contributed by atoms with Crippen molar-refractivity contribution in [2.45, 2.75) is 32.1 Å². The van der Waals surface area contributed by atoms with Crippen LogP contribution in [0.15, 0.2) is 83.9 Å². The predicted octanol–water partition coefficient (Wildman–Crippen LogP) is 5.46. The number of amides is 2. The number of carbonyl (C=O) groups is 2. The molecule has 1 N–H and O–H groups in total. The number of anilines is 1. The molecule has 6 heteroatoms. The van der Waals surface area contributed by atoms with Crippen LogP contribution in [0.4, 0.5) is 11.4 Å². The van der Waals surface area contributed by atoms with Gasteiger partial charge in [0.25, 0.3) is 0 Å². The second kappa shape index (κ2) is 9.83. The average molecular weight is 444 g/mol. The molecule has 4 rings (SSSR count). The van der Waals surface area contributed by atoms with Gasteiger partial charge in [0.2, 0.25) is 11.8 Å². The first kappa shape index (κ1) is 21.8. The molecule has 1 aliphatic rings. The van der Waals surface area contributed by atoms with E-state index < -0.39 is 5.25 Å². The topological polar surface area (TPSA) is 61.8 Å². The highest BCUT2D eigenvalue weighted by molar-refractivity contribution is 8.15. The van der Waals surface area contributed by atoms with Crippen LogP contribution in [0.5, 0.6) is 0 Å². The molecule has 1 saturated heterocycles. The van der Waals surface area contributed by atoms with E-state index in [-0.39, 0.29) is 18.2 Å². The molecule has 0 radical (unpaired) electrons. The molecule has 32 heavy (non-hydrogen) atoms. The largest absolute Gasteiger partial charge is 0.326 e. The van der Waals surface area contributed by atoms with E-state index in [9.17, 15) is 9.59 Å². The van der Waals surface area contributed by atoms with Crippen molar-refractivity contribution in [1.29, 1.82) is 0 Å². The van der Waals surface area contributed by atoms with Crippen LogP contribution >= 0.6 is 11.8 Å². The summed E-state index contributed by atoms with van der Waals surface area (Å²) in [5, 5.41) is 3.06. The summed E-state index contributed by atoms with van der Waals surface area (Å²) in [6.45, 7) is 4.40. The van der Waals surface area contributed by atoms with Gasteiger partial charge in [0.05, 0.1) is 12.2 Å². The summed E-state index contributed by atoms with van der Waals surface area (Å²) in [4.78, 5) is 32.4. The quantitative estimate of drug-likeness (QED) is 0.550. The number of nitrogens with one attached hydrogen (secondary N) is 1. The third-order valence-electron chi connectivity index (χ3n) is 5.21. The fourth-order valence-electron chi connectivity index (χ4n) is 3.57. The Kier molecular flexibility index (Phi) is 6.71. The second-order valence-corrected chi connectivity index (χ2v) is 8.99. The highest BCUT2D eigenvalue weighted by Crippen LogP contribution is 2.33. The summed E-state index contributed by atoms with van der Waals surface area (Å²) < 4.78 is 0. The third kappa shape index (κ3) is 5.26. The fraction of sp³-hybridized carbons (Fsp3) is 0.192. The number of hydrogen-bond acceptors (Lipinski definition) is 4. The molecule has 0 bridgehead atoms. The van der Waals surface area contributed by atoms with Gasteiger partial charge in [0.1, 0.15) is 5.25 Å². The molecule has 1 atom stereocenters. The highest BCUT2D eigenvalue weighted by Gasteiger charge is 2.39. The lowest BCUT2D eigenvalue weighted by Crippen LogP contribution is -2.33. The van der Waals surface area contributed by atoms with Gasteiger partial charge in [-0.1, -0.05) is 78.0 Å². The van der Waals surface area contributed by atoms with Crippen molar-refractivity contribution >= 4 is 40.1 Å². The van der Waals surface area contributed by atoms with Crippen LogP contribution < -0.4 is 5.32 Å². The third-order valence-corrected chi connectivity index (χ3v) is 6.39. The molecule has 3 aromatic rings. The van der Waals surface area contributed by atoms with Gasteiger partial charge in [-0.15, -0.1) is 0 Å². The molecule has 0 saturated carbocycles. The van der Waals surface area contributed by atoms with Crippen LogP contribution in [0.3, 0.4) is 0 Å². The molecule has 162 valence electrons. The Morgan fingerprint density at radius 1 is 1.00 bits per heavy atom. The standard InChI is InChI=1S/C26H25N3O2S/c1-18-13-14-22(19(2)15-18)28-24(30)16-23-25(31)29(17-20-9-5-3-6-10-20)26(32-23)27-21-11-7-4-8-12-21/h3-15,23H,16-17H2,1-2H3,(H,28,30). The zero-order valence-corrected chi connectivity index (χ0v) is 18.9. The first-order valence-electron chi connectivity index (χ1n) is 10.5. The zero-order chi connectivity index (χ0) is 22.5. The van der Waals surface area contributed by atoms with Crippen LogP contribution in [-0.2, 0) is 16.1 Å². The molecule has 1 heterocycles. The van der Waals surface area contributed by atoms with E-state index in [2.05, 4.69) is 5.32 Å². The van der Waals surface area contributed by atoms with Gasteiger partial charge in [0.15, 0.2) is 5.17 Å². The van der Waals surface area contributed by atoms with E-state index >= 15 is 0 Å². The first-order valence-corrected chi connectivity index (χ1v) is 11.4. The van der Waals surface area contributed by atoms with Crippen LogP contribution in [-0.4, -0.2) is 27.1 Å². The van der Waals surface area contributed by atoms with Gasteiger partial charge in [-0.2, -0.15) is 0 Å². The van der Waals surface area contributed by atoms with E-state index in [1.165, 1.54) is 11.8 Å². The molecular weight excluding hydrogens is 418 g/mol. The molecule has 5 nitrogen and oxygen atoms in total. The van der Waals surface area contributed by atoms with Crippen LogP contribution in [0.25, 0.3) is 0 Å². The number of aliphatic imine (C=N–C) groups is 1. The number of thioether (sulfide) groups is 1. The van der Waals surface area contributed by atoms with Crippen molar-refractivity contribution in [3.8, 4) is 0 Å². The predicted molar refractivity (Wildman–Crippen MR) is 131 cm³/mol. The molecule has 3 aromatic carbocycles. The lowest BCUT2D eigenvalue weighted by atomic mass is 10.1. The monoisotopic (exact) mass is 443 g/mol. The van der Waals surface area contributed by atoms with Crippen molar-refractivity contribution in [3.05, 3.63) is 95.6 Å². The van der Waals surface area contributed by atoms with E-state index in [4.69, 9.17) is 4.99 Å². The van der Waals surface area contributed by atoms with Crippen molar-refractivity contribution in [2.24, 2.45) is 4.99 Å². The lowest BCUT2D eigenvalue weighted by molar-refractivity contribution is -0.128. The maximum absolute atomic E-state index is 13.3. The van der Waals surface area contributed by atoms with E-state index in [1.54, 1.807) is 4.90 Å². The molecule has 1 fully saturated rings. The van der Waals surface area contributed by atoms with Crippen LogP contribution in [0, 0.1) is 13.8 Å². The zero-order valence-electron chi connectivity index (χ0n) is 18.1. The van der Waals surface area contributed by atoms with E-state index in [1.807, 2.05) is 92.7 Å². The Morgan fingerprint density at radius 2 is 1.69 bits per heavy atom. The summed E-state index contributed by atoms with van der Waals surface area (Å²) >= 11 is 1.35. The Hall–Kier alpha value is -3.38. The summed E-state index contributed by atoms with van der Waals surface area (Å²) in [5.41, 5.74) is 4.71. The fourth-order valence-corrected chi connectivity index (χ4v) is 4.73. The molecule has 1 unspecified atom stereocenters. The number of amidine groups is 1. The van der Waals surface area contributed by atoms with Gasteiger partial charge in [0, 0.05) is 12.1 Å². The molecule has 0 aliphatic carbocycles. The summed E-state index contributed by atoms with van der Waals surface area (Å²) in [6.07, 6.45) is 0.0932. The minimum absolute atomic E-state index is 0.0932. The summed E-state index contributed by atoms with van der Waals surface area (Å²) in [5.74, 6) is -0.271.